The number of fused-ring (bicyclic) bond motifs is 1. The number of nitrogens with zero attached hydrogens (tertiary/aromatic N) is 5. The number of likely N-dealkylation sites (N-methyl/N-ethyl adjacent to an activating group) is 1. The number of aromatic nitrogens is 4. The molecule has 1 aliphatic heterocycles. The normalized spacial score (nSPS) is 13.3. The van der Waals surface area contributed by atoms with Crippen molar-refractivity contribution >= 4 is 17.5 Å². The topological polar surface area (TPSA) is 68.1 Å². The highest BCUT2D eigenvalue weighted by Gasteiger charge is 2.18. The quantitative estimate of drug-likeness (QED) is 0.791. The van der Waals surface area contributed by atoms with Crippen LogP contribution in [0.15, 0.2) is 36.9 Å². The molecule has 0 radical (unpaired) electrons. The van der Waals surface area contributed by atoms with E-state index in [-0.39, 0.29) is 5.82 Å². The minimum absolute atomic E-state index is 0.360. The number of ether oxygens (including phenoxy) is 1. The Bertz CT molecular complexity index is 925. The molecule has 0 bridgehead atoms. The molecule has 7 nitrogen and oxygen atoms in total. The predicted octanol–water partition coefficient (Wildman–Crippen LogP) is 2.68. The van der Waals surface area contributed by atoms with Gasteiger partial charge in [-0.05, 0) is 25.1 Å². The summed E-state index contributed by atoms with van der Waals surface area (Å²) >= 11 is 0. The monoisotopic (exact) mass is 340 g/mol. The lowest BCUT2D eigenvalue weighted by Crippen LogP contribution is -2.30. The van der Waals surface area contributed by atoms with E-state index in [9.17, 15) is 4.39 Å². The standard InChI is InChI=1S/C17H17FN6O/c1-11-9-24(10-20-11)14-4-3-12(7-13(14)18)21-17-19-8-15-16(22-17)23(2)5-6-25-15/h3-4,7-10H,5-6H2,1-2H3,(H,19,21,22). The highest BCUT2D eigenvalue weighted by molar-refractivity contribution is 5.60. The molecule has 0 saturated heterocycles. The number of imidazole rings is 1. The third-order valence-corrected chi connectivity index (χ3v) is 3.98. The molecule has 4 rings (SSSR count). The average molecular weight is 340 g/mol. The maximum absolute atomic E-state index is 14.4. The summed E-state index contributed by atoms with van der Waals surface area (Å²) in [5, 5.41) is 3.03. The minimum Gasteiger partial charge on any atom is -0.486 e. The van der Waals surface area contributed by atoms with Crippen molar-refractivity contribution in [3.8, 4) is 11.4 Å². The van der Waals surface area contributed by atoms with Crippen molar-refractivity contribution in [2.24, 2.45) is 0 Å². The van der Waals surface area contributed by atoms with Gasteiger partial charge in [0.25, 0.3) is 0 Å². The van der Waals surface area contributed by atoms with E-state index >= 15 is 0 Å². The zero-order chi connectivity index (χ0) is 17.4. The van der Waals surface area contributed by atoms with Crippen LogP contribution in [0.3, 0.4) is 0 Å². The number of rotatable bonds is 3. The number of halogens is 1. The van der Waals surface area contributed by atoms with Crippen LogP contribution in [0.1, 0.15) is 5.69 Å². The van der Waals surface area contributed by atoms with E-state index in [2.05, 4.69) is 20.3 Å². The molecule has 3 heterocycles. The Labute approximate surface area is 144 Å². The number of hydrogen-bond acceptors (Lipinski definition) is 6. The summed E-state index contributed by atoms with van der Waals surface area (Å²) in [6.07, 6.45) is 4.98. The van der Waals surface area contributed by atoms with E-state index in [1.807, 2.05) is 18.9 Å². The van der Waals surface area contributed by atoms with Gasteiger partial charge in [-0.1, -0.05) is 0 Å². The van der Waals surface area contributed by atoms with Crippen LogP contribution in [-0.2, 0) is 0 Å². The first kappa shape index (κ1) is 15.4. The Morgan fingerprint density at radius 2 is 2.16 bits per heavy atom. The Morgan fingerprint density at radius 1 is 1.28 bits per heavy atom. The van der Waals surface area contributed by atoms with E-state index in [1.165, 1.54) is 6.07 Å². The zero-order valence-corrected chi connectivity index (χ0v) is 13.9. The van der Waals surface area contributed by atoms with Gasteiger partial charge in [-0.2, -0.15) is 4.98 Å². The van der Waals surface area contributed by atoms with Crippen LogP contribution in [0, 0.1) is 12.7 Å². The van der Waals surface area contributed by atoms with Crippen molar-refractivity contribution in [1.82, 2.24) is 19.5 Å². The molecule has 0 amide bonds. The van der Waals surface area contributed by atoms with Crippen LogP contribution in [0.2, 0.25) is 0 Å². The molecule has 0 spiro atoms. The fourth-order valence-electron chi connectivity index (χ4n) is 2.67. The van der Waals surface area contributed by atoms with Gasteiger partial charge < -0.3 is 19.5 Å². The number of aryl methyl sites for hydroxylation is 1. The summed E-state index contributed by atoms with van der Waals surface area (Å²) in [6, 6.07) is 4.87. The highest BCUT2D eigenvalue weighted by atomic mass is 19.1. The Morgan fingerprint density at radius 3 is 2.92 bits per heavy atom. The van der Waals surface area contributed by atoms with Crippen molar-refractivity contribution in [1.29, 1.82) is 0 Å². The third kappa shape index (κ3) is 2.98. The van der Waals surface area contributed by atoms with Crippen molar-refractivity contribution in [2.45, 2.75) is 6.92 Å². The Kier molecular flexibility index (Phi) is 3.72. The van der Waals surface area contributed by atoms with Crippen LogP contribution in [0.4, 0.5) is 21.8 Å². The summed E-state index contributed by atoms with van der Waals surface area (Å²) in [5.74, 6) is 1.40. The number of hydrogen-bond donors (Lipinski definition) is 1. The Hall–Kier alpha value is -3.16. The second kappa shape index (κ2) is 6.04. The van der Waals surface area contributed by atoms with E-state index in [4.69, 9.17) is 4.74 Å². The lowest BCUT2D eigenvalue weighted by Gasteiger charge is -2.26. The summed E-state index contributed by atoms with van der Waals surface area (Å²) < 4.78 is 21.6. The van der Waals surface area contributed by atoms with Gasteiger partial charge in [0, 0.05) is 18.9 Å². The smallest absolute Gasteiger partial charge is 0.229 e. The van der Waals surface area contributed by atoms with E-state index < -0.39 is 0 Å². The van der Waals surface area contributed by atoms with Crippen LogP contribution in [0.25, 0.3) is 5.69 Å². The number of anilines is 3. The molecule has 0 atom stereocenters. The van der Waals surface area contributed by atoms with Gasteiger partial charge in [0.1, 0.15) is 12.4 Å². The maximum atomic E-state index is 14.4. The lowest BCUT2D eigenvalue weighted by molar-refractivity contribution is 0.307. The summed E-state index contributed by atoms with van der Waals surface area (Å²) in [4.78, 5) is 14.8. The summed E-state index contributed by atoms with van der Waals surface area (Å²) in [6.45, 7) is 3.23. The molecule has 0 aliphatic carbocycles. The van der Waals surface area contributed by atoms with Crippen molar-refractivity contribution < 1.29 is 9.13 Å². The molecular weight excluding hydrogens is 323 g/mol. The average Bonchev–Trinajstić information content (AvgIpc) is 3.02. The van der Waals surface area contributed by atoms with Crippen LogP contribution < -0.4 is 15.0 Å². The molecule has 8 heteroatoms. The zero-order valence-electron chi connectivity index (χ0n) is 13.9. The molecule has 1 aromatic carbocycles. The van der Waals surface area contributed by atoms with Crippen LogP contribution in [0.5, 0.6) is 5.75 Å². The number of nitrogens with one attached hydrogen (secondary N) is 1. The SMILES string of the molecule is Cc1cn(-c2ccc(Nc3ncc4c(n3)N(C)CCO4)cc2F)cn1. The van der Waals surface area contributed by atoms with Crippen molar-refractivity contribution in [3.63, 3.8) is 0 Å². The fraction of sp³-hybridized carbons (Fsp3) is 0.235. The van der Waals surface area contributed by atoms with Crippen molar-refractivity contribution in [2.75, 3.05) is 30.4 Å². The molecule has 2 aromatic heterocycles. The predicted molar refractivity (Wildman–Crippen MR) is 92.3 cm³/mol. The molecule has 1 aliphatic rings. The molecule has 25 heavy (non-hydrogen) atoms. The Balaban J connectivity index is 1.59. The van der Waals surface area contributed by atoms with Gasteiger partial charge in [-0.25, -0.2) is 14.4 Å². The minimum atomic E-state index is -0.360. The molecule has 128 valence electrons. The van der Waals surface area contributed by atoms with Gasteiger partial charge in [0.2, 0.25) is 5.95 Å². The summed E-state index contributed by atoms with van der Waals surface area (Å²) in [7, 11) is 1.94. The fourth-order valence-corrected chi connectivity index (χ4v) is 2.67. The van der Waals surface area contributed by atoms with Crippen LogP contribution in [-0.4, -0.2) is 39.7 Å². The van der Waals surface area contributed by atoms with Gasteiger partial charge >= 0.3 is 0 Å². The lowest BCUT2D eigenvalue weighted by atomic mass is 10.2. The second-order valence-electron chi connectivity index (χ2n) is 5.86. The van der Waals surface area contributed by atoms with E-state index in [1.54, 1.807) is 35.4 Å². The van der Waals surface area contributed by atoms with E-state index in [0.29, 0.717) is 29.7 Å². The first-order chi connectivity index (χ1) is 12.1. The van der Waals surface area contributed by atoms with E-state index in [0.717, 1.165) is 18.1 Å². The molecule has 0 saturated carbocycles. The second-order valence-corrected chi connectivity index (χ2v) is 5.86. The molecule has 1 N–H and O–H groups in total. The van der Waals surface area contributed by atoms with Gasteiger partial charge in [-0.3, -0.25) is 0 Å². The summed E-state index contributed by atoms with van der Waals surface area (Å²) in [5.41, 5.74) is 1.83. The maximum Gasteiger partial charge on any atom is 0.229 e. The highest BCUT2D eigenvalue weighted by Crippen LogP contribution is 2.29. The van der Waals surface area contributed by atoms with Gasteiger partial charge in [-0.15, -0.1) is 0 Å². The third-order valence-electron chi connectivity index (χ3n) is 3.98. The first-order valence-electron chi connectivity index (χ1n) is 7.89. The van der Waals surface area contributed by atoms with Gasteiger partial charge in [0.05, 0.1) is 30.5 Å². The molecule has 3 aromatic rings. The molecule has 0 fully saturated rings. The number of benzene rings is 1. The van der Waals surface area contributed by atoms with Crippen LogP contribution >= 0.6 is 0 Å². The largest absolute Gasteiger partial charge is 0.486 e. The van der Waals surface area contributed by atoms with Gasteiger partial charge in [0.15, 0.2) is 11.6 Å². The molecule has 0 unspecified atom stereocenters. The molecular formula is C17H17FN6O. The van der Waals surface area contributed by atoms with Crippen molar-refractivity contribution in [3.05, 3.63) is 48.4 Å². The first-order valence-corrected chi connectivity index (χ1v) is 7.89.